The summed E-state index contributed by atoms with van der Waals surface area (Å²) in [5, 5.41) is 21.8. The van der Waals surface area contributed by atoms with E-state index in [2.05, 4.69) is 26.3 Å². The third kappa shape index (κ3) is 4.61. The van der Waals surface area contributed by atoms with Crippen molar-refractivity contribution in [1.82, 2.24) is 25.1 Å². The minimum Gasteiger partial charge on any atom is -0.465 e. The molecule has 1 aromatic heterocycles. The molecule has 2 aliphatic heterocycles. The van der Waals surface area contributed by atoms with Crippen LogP contribution in [0.4, 0.5) is 10.6 Å². The van der Waals surface area contributed by atoms with E-state index in [1.807, 2.05) is 19.0 Å². The average molecular weight is 389 g/mol. The molecule has 0 spiro atoms. The predicted molar refractivity (Wildman–Crippen MR) is 102 cm³/mol. The monoisotopic (exact) mass is 389 g/mol. The van der Waals surface area contributed by atoms with Gasteiger partial charge in [0.1, 0.15) is 12.4 Å². The summed E-state index contributed by atoms with van der Waals surface area (Å²) in [5.74, 6) is 0.805. The zero-order valence-corrected chi connectivity index (χ0v) is 16.4. The molecule has 1 aromatic rings. The molecule has 0 saturated carbocycles. The molecule has 10 heteroatoms. The van der Waals surface area contributed by atoms with Gasteiger partial charge in [-0.25, -0.2) is 4.79 Å². The number of nitriles is 1. The van der Waals surface area contributed by atoms with Gasteiger partial charge in [0.15, 0.2) is 0 Å². The van der Waals surface area contributed by atoms with Gasteiger partial charge in [0.05, 0.1) is 24.2 Å². The summed E-state index contributed by atoms with van der Waals surface area (Å²) in [6, 6.07) is 2.07. The van der Waals surface area contributed by atoms with Crippen LogP contribution in [0.2, 0.25) is 0 Å². The Kier molecular flexibility index (Phi) is 6.49. The number of nitrogens with zero attached hydrogens (tertiary/aromatic N) is 6. The van der Waals surface area contributed by atoms with E-state index in [-0.39, 0.29) is 12.5 Å². The van der Waals surface area contributed by atoms with Crippen molar-refractivity contribution in [3.8, 4) is 12.1 Å². The highest BCUT2D eigenvalue weighted by molar-refractivity contribution is 5.66. The minimum absolute atomic E-state index is 0.157. The molecule has 1 saturated heterocycles. The second-order valence-electron chi connectivity index (χ2n) is 7.27. The number of anilines is 1. The van der Waals surface area contributed by atoms with Gasteiger partial charge in [-0.3, -0.25) is 0 Å². The fourth-order valence-corrected chi connectivity index (χ4v) is 3.54. The van der Waals surface area contributed by atoms with Crippen LogP contribution in [0.3, 0.4) is 0 Å². The number of hydrogen-bond acceptors (Lipinski definition) is 8. The van der Waals surface area contributed by atoms with Gasteiger partial charge in [0, 0.05) is 38.3 Å². The normalized spacial score (nSPS) is 19.3. The first-order valence-electron chi connectivity index (χ1n) is 9.49. The predicted octanol–water partition coefficient (Wildman–Crippen LogP) is 0.145. The number of fused-ring (bicyclic) bond motifs is 1. The number of nitrogens with one attached hydrogen (secondary N) is 1. The summed E-state index contributed by atoms with van der Waals surface area (Å²) in [6.07, 6.45) is -0.0179. The van der Waals surface area contributed by atoms with Crippen LogP contribution < -0.4 is 15.0 Å². The van der Waals surface area contributed by atoms with E-state index in [1.165, 1.54) is 4.90 Å². The second-order valence-corrected chi connectivity index (χ2v) is 7.27. The number of amides is 1. The van der Waals surface area contributed by atoms with Crippen LogP contribution >= 0.6 is 0 Å². The van der Waals surface area contributed by atoms with E-state index < -0.39 is 6.09 Å². The Morgan fingerprint density at radius 2 is 2.25 bits per heavy atom. The Morgan fingerprint density at radius 1 is 1.43 bits per heavy atom. The SMILES string of the molecule is CN(C)CCOc1nc2c(c(N3CCN(C(=O)O)[C@@H](CC#N)C3)n1)CCNC2. The summed E-state index contributed by atoms with van der Waals surface area (Å²) in [6.45, 7) is 4.07. The smallest absolute Gasteiger partial charge is 0.407 e. The first kappa shape index (κ1) is 20.1. The molecular weight excluding hydrogens is 362 g/mol. The molecule has 0 bridgehead atoms. The van der Waals surface area contributed by atoms with E-state index in [9.17, 15) is 9.90 Å². The zero-order chi connectivity index (χ0) is 20.1. The Bertz CT molecular complexity index is 749. The van der Waals surface area contributed by atoms with E-state index >= 15 is 0 Å². The van der Waals surface area contributed by atoms with Crippen molar-refractivity contribution >= 4 is 11.9 Å². The van der Waals surface area contributed by atoms with Crippen molar-refractivity contribution < 1.29 is 14.6 Å². The van der Waals surface area contributed by atoms with Crippen molar-refractivity contribution in [2.45, 2.75) is 25.4 Å². The lowest BCUT2D eigenvalue weighted by Crippen LogP contribution is -2.55. The lowest BCUT2D eigenvalue weighted by molar-refractivity contribution is 0.119. The Balaban J connectivity index is 1.85. The molecule has 0 radical (unpaired) electrons. The number of likely N-dealkylation sites (N-methyl/N-ethyl adjacent to an activating group) is 1. The maximum absolute atomic E-state index is 11.5. The molecule has 3 heterocycles. The van der Waals surface area contributed by atoms with Crippen molar-refractivity contribution in [2.75, 3.05) is 58.3 Å². The molecule has 10 nitrogen and oxygen atoms in total. The highest BCUT2D eigenvalue weighted by Crippen LogP contribution is 2.28. The van der Waals surface area contributed by atoms with Crippen molar-refractivity contribution in [1.29, 1.82) is 5.26 Å². The number of carbonyl (C=O) groups is 1. The highest BCUT2D eigenvalue weighted by atomic mass is 16.5. The van der Waals surface area contributed by atoms with Crippen LogP contribution in [-0.2, 0) is 13.0 Å². The molecule has 28 heavy (non-hydrogen) atoms. The highest BCUT2D eigenvalue weighted by Gasteiger charge is 2.33. The standard InChI is InChI=1S/C18H27N7O3/c1-23(2)9-10-28-17-21-15-11-20-6-4-14(15)16(22-17)24-7-8-25(18(26)27)13(12-24)3-5-19/h13,20H,3-4,6-12H2,1-2H3,(H,26,27)/t13-/m0/s1. The average Bonchev–Trinajstić information content (AvgIpc) is 2.67. The number of ether oxygens (including phenoxy) is 1. The summed E-state index contributed by atoms with van der Waals surface area (Å²) in [4.78, 5) is 26.2. The summed E-state index contributed by atoms with van der Waals surface area (Å²) >= 11 is 0. The number of piperazine rings is 1. The fraction of sp³-hybridized carbons (Fsp3) is 0.667. The van der Waals surface area contributed by atoms with Gasteiger partial charge in [-0.15, -0.1) is 0 Å². The van der Waals surface area contributed by atoms with Crippen molar-refractivity contribution in [2.24, 2.45) is 0 Å². The lowest BCUT2D eigenvalue weighted by atomic mass is 10.0. The molecule has 3 rings (SSSR count). The quantitative estimate of drug-likeness (QED) is 0.700. The Morgan fingerprint density at radius 3 is 2.96 bits per heavy atom. The Labute approximate surface area is 164 Å². The number of hydrogen-bond donors (Lipinski definition) is 2. The number of aromatic nitrogens is 2. The van der Waals surface area contributed by atoms with Crippen LogP contribution in [0.5, 0.6) is 6.01 Å². The van der Waals surface area contributed by atoms with Gasteiger partial charge in [0.25, 0.3) is 0 Å². The van der Waals surface area contributed by atoms with Gasteiger partial charge in [0.2, 0.25) is 0 Å². The maximum atomic E-state index is 11.5. The zero-order valence-electron chi connectivity index (χ0n) is 16.4. The number of rotatable bonds is 6. The summed E-state index contributed by atoms with van der Waals surface area (Å²) < 4.78 is 5.77. The fourth-order valence-electron chi connectivity index (χ4n) is 3.54. The van der Waals surface area contributed by atoms with Crippen LogP contribution in [0.1, 0.15) is 17.7 Å². The van der Waals surface area contributed by atoms with Crippen molar-refractivity contribution in [3.05, 3.63) is 11.3 Å². The molecule has 0 aromatic carbocycles. The maximum Gasteiger partial charge on any atom is 0.407 e. The second kappa shape index (κ2) is 9.03. The van der Waals surface area contributed by atoms with Gasteiger partial charge < -0.3 is 29.9 Å². The third-order valence-corrected chi connectivity index (χ3v) is 5.02. The van der Waals surface area contributed by atoms with E-state index in [1.54, 1.807) is 0 Å². The van der Waals surface area contributed by atoms with Crippen LogP contribution in [0.15, 0.2) is 0 Å². The number of carboxylic acid groups (broad SMARTS) is 1. The molecular formula is C18H27N7O3. The lowest BCUT2D eigenvalue weighted by Gasteiger charge is -2.40. The molecule has 1 atom stereocenters. The molecule has 1 amide bonds. The van der Waals surface area contributed by atoms with Gasteiger partial charge in [-0.1, -0.05) is 0 Å². The first-order chi connectivity index (χ1) is 13.5. The van der Waals surface area contributed by atoms with E-state index in [4.69, 9.17) is 10.00 Å². The molecule has 0 unspecified atom stereocenters. The Hall–Kier alpha value is -2.64. The van der Waals surface area contributed by atoms with Gasteiger partial charge in [-0.2, -0.15) is 15.2 Å². The van der Waals surface area contributed by atoms with Crippen LogP contribution in [0.25, 0.3) is 0 Å². The van der Waals surface area contributed by atoms with Gasteiger partial charge >= 0.3 is 12.1 Å². The largest absolute Gasteiger partial charge is 0.465 e. The molecule has 2 N–H and O–H groups in total. The van der Waals surface area contributed by atoms with Gasteiger partial charge in [-0.05, 0) is 27.1 Å². The summed E-state index contributed by atoms with van der Waals surface area (Å²) in [7, 11) is 3.95. The topological polar surface area (TPSA) is 118 Å². The summed E-state index contributed by atoms with van der Waals surface area (Å²) in [5.41, 5.74) is 2.01. The third-order valence-electron chi connectivity index (χ3n) is 5.02. The molecule has 2 aliphatic rings. The van der Waals surface area contributed by atoms with Crippen LogP contribution in [0, 0.1) is 11.3 Å². The molecule has 152 valence electrons. The van der Waals surface area contributed by atoms with E-state index in [0.29, 0.717) is 38.8 Å². The van der Waals surface area contributed by atoms with Crippen LogP contribution in [-0.4, -0.2) is 90.4 Å². The van der Waals surface area contributed by atoms with Crippen molar-refractivity contribution in [3.63, 3.8) is 0 Å². The molecule has 1 fully saturated rings. The van der Waals surface area contributed by atoms with E-state index in [0.717, 1.165) is 36.6 Å². The molecule has 0 aliphatic carbocycles. The first-order valence-corrected chi connectivity index (χ1v) is 9.49. The minimum atomic E-state index is -0.985.